The van der Waals surface area contributed by atoms with Crippen LogP contribution in [0.25, 0.3) is 0 Å². The first-order valence-electron chi connectivity index (χ1n) is 6.51. The lowest BCUT2D eigenvalue weighted by molar-refractivity contribution is 0.0702. The van der Waals surface area contributed by atoms with Gasteiger partial charge < -0.3 is 9.32 Å². The first kappa shape index (κ1) is 12.0. The molecule has 1 fully saturated rings. The van der Waals surface area contributed by atoms with E-state index in [2.05, 4.69) is 5.10 Å². The monoisotopic (exact) mass is 259 g/mol. The summed E-state index contributed by atoms with van der Waals surface area (Å²) in [7, 11) is 1.89. The molecule has 1 atom stereocenters. The van der Waals surface area contributed by atoms with E-state index >= 15 is 0 Å². The molecule has 5 heteroatoms. The van der Waals surface area contributed by atoms with Crippen LogP contribution in [0.15, 0.2) is 28.9 Å². The summed E-state index contributed by atoms with van der Waals surface area (Å²) in [5.74, 6) is 1.16. The lowest BCUT2D eigenvalue weighted by Gasteiger charge is -2.22. The van der Waals surface area contributed by atoms with E-state index in [9.17, 15) is 4.79 Å². The Labute approximate surface area is 111 Å². The average molecular weight is 259 g/mol. The summed E-state index contributed by atoms with van der Waals surface area (Å²) < 4.78 is 7.21. The second-order valence-electron chi connectivity index (χ2n) is 5.01. The van der Waals surface area contributed by atoms with Gasteiger partial charge in [-0.25, -0.2) is 0 Å². The summed E-state index contributed by atoms with van der Waals surface area (Å²) >= 11 is 0. The largest absolute Gasteiger partial charge is 0.456 e. The Morgan fingerprint density at radius 1 is 1.47 bits per heavy atom. The number of aromatic nitrogens is 2. The number of amides is 1. The summed E-state index contributed by atoms with van der Waals surface area (Å²) in [6, 6.07) is 3.69. The first-order valence-corrected chi connectivity index (χ1v) is 6.51. The highest BCUT2D eigenvalue weighted by Crippen LogP contribution is 2.32. The Balaban J connectivity index is 1.85. The highest BCUT2D eigenvalue weighted by molar-refractivity contribution is 5.92. The third kappa shape index (κ3) is 2.16. The number of nitrogens with zero attached hydrogens (tertiary/aromatic N) is 3. The SMILES string of the molecule is Cc1ccc(C(=O)N2CCC[C@@H]2c2cnn(C)c2)o1. The highest BCUT2D eigenvalue weighted by atomic mass is 16.3. The van der Waals surface area contributed by atoms with Gasteiger partial charge in [0.05, 0.1) is 12.2 Å². The minimum Gasteiger partial charge on any atom is -0.456 e. The average Bonchev–Trinajstić information content (AvgIpc) is 3.07. The van der Waals surface area contributed by atoms with Gasteiger partial charge in [-0.05, 0) is 31.9 Å². The molecule has 0 aliphatic carbocycles. The zero-order valence-corrected chi connectivity index (χ0v) is 11.2. The summed E-state index contributed by atoms with van der Waals surface area (Å²) in [5.41, 5.74) is 1.09. The predicted molar refractivity (Wildman–Crippen MR) is 69.7 cm³/mol. The summed E-state index contributed by atoms with van der Waals surface area (Å²) in [5, 5.41) is 4.19. The van der Waals surface area contributed by atoms with E-state index in [0.29, 0.717) is 5.76 Å². The maximum atomic E-state index is 12.5. The van der Waals surface area contributed by atoms with Gasteiger partial charge in [0, 0.05) is 25.4 Å². The smallest absolute Gasteiger partial charge is 0.290 e. The van der Waals surface area contributed by atoms with E-state index in [1.165, 1.54) is 0 Å². The second-order valence-corrected chi connectivity index (χ2v) is 5.01. The van der Waals surface area contributed by atoms with Crippen LogP contribution >= 0.6 is 0 Å². The van der Waals surface area contributed by atoms with Gasteiger partial charge in [-0.1, -0.05) is 0 Å². The molecule has 100 valence electrons. The molecule has 0 unspecified atom stereocenters. The number of hydrogen-bond donors (Lipinski definition) is 0. The zero-order valence-electron chi connectivity index (χ0n) is 11.2. The van der Waals surface area contributed by atoms with Crippen molar-refractivity contribution in [1.29, 1.82) is 0 Å². The van der Waals surface area contributed by atoms with Gasteiger partial charge >= 0.3 is 0 Å². The molecule has 19 heavy (non-hydrogen) atoms. The topological polar surface area (TPSA) is 51.3 Å². The first-order chi connectivity index (χ1) is 9.15. The fourth-order valence-electron chi connectivity index (χ4n) is 2.66. The molecule has 1 amide bonds. The van der Waals surface area contributed by atoms with Gasteiger partial charge in [-0.2, -0.15) is 5.10 Å². The van der Waals surface area contributed by atoms with Crippen molar-refractivity contribution >= 4 is 5.91 Å². The number of aryl methyl sites for hydroxylation is 2. The number of rotatable bonds is 2. The van der Waals surface area contributed by atoms with Crippen LogP contribution in [-0.4, -0.2) is 27.1 Å². The van der Waals surface area contributed by atoms with Gasteiger partial charge in [0.15, 0.2) is 5.76 Å². The number of furan rings is 1. The van der Waals surface area contributed by atoms with Gasteiger partial charge in [-0.15, -0.1) is 0 Å². The molecule has 5 nitrogen and oxygen atoms in total. The van der Waals surface area contributed by atoms with Crippen molar-refractivity contribution in [2.24, 2.45) is 7.05 Å². The summed E-state index contributed by atoms with van der Waals surface area (Å²) in [4.78, 5) is 14.3. The third-order valence-electron chi connectivity index (χ3n) is 3.57. The van der Waals surface area contributed by atoms with E-state index in [4.69, 9.17) is 4.42 Å². The molecule has 1 aliphatic rings. The van der Waals surface area contributed by atoms with Crippen molar-refractivity contribution in [3.63, 3.8) is 0 Å². The molecule has 3 heterocycles. The van der Waals surface area contributed by atoms with Crippen molar-refractivity contribution in [2.45, 2.75) is 25.8 Å². The number of carbonyl (C=O) groups excluding carboxylic acids is 1. The van der Waals surface area contributed by atoms with Gasteiger partial charge in [-0.3, -0.25) is 9.48 Å². The molecule has 0 saturated carbocycles. The maximum absolute atomic E-state index is 12.5. The van der Waals surface area contributed by atoms with E-state index < -0.39 is 0 Å². The van der Waals surface area contributed by atoms with Crippen molar-refractivity contribution in [3.8, 4) is 0 Å². The Bertz CT molecular complexity index is 599. The molecule has 1 saturated heterocycles. The summed E-state index contributed by atoms with van der Waals surface area (Å²) in [6.45, 7) is 2.62. The number of carbonyl (C=O) groups is 1. The summed E-state index contributed by atoms with van der Waals surface area (Å²) in [6.07, 6.45) is 5.81. The molecule has 3 rings (SSSR count). The van der Waals surface area contributed by atoms with Gasteiger partial charge in [0.2, 0.25) is 0 Å². The standard InChI is InChI=1S/C14H17N3O2/c1-10-5-6-13(19-10)14(18)17-7-3-4-12(17)11-8-15-16(2)9-11/h5-6,8-9,12H,3-4,7H2,1-2H3/t12-/m1/s1. The quantitative estimate of drug-likeness (QED) is 0.831. The van der Waals surface area contributed by atoms with E-state index in [1.807, 2.05) is 37.3 Å². The molecule has 0 spiro atoms. The van der Waals surface area contributed by atoms with Gasteiger partial charge in [0.1, 0.15) is 5.76 Å². The van der Waals surface area contributed by atoms with Gasteiger partial charge in [0.25, 0.3) is 5.91 Å². The molecule has 2 aromatic rings. The third-order valence-corrected chi connectivity index (χ3v) is 3.57. The normalized spacial score (nSPS) is 19.1. The number of likely N-dealkylation sites (tertiary alicyclic amines) is 1. The van der Waals surface area contributed by atoms with Crippen LogP contribution in [0, 0.1) is 6.92 Å². The van der Waals surface area contributed by atoms with Crippen molar-refractivity contribution in [3.05, 3.63) is 41.6 Å². The van der Waals surface area contributed by atoms with E-state index in [-0.39, 0.29) is 11.9 Å². The van der Waals surface area contributed by atoms with Crippen LogP contribution in [0.5, 0.6) is 0 Å². The lowest BCUT2D eigenvalue weighted by atomic mass is 10.1. The Morgan fingerprint density at radius 2 is 2.32 bits per heavy atom. The second kappa shape index (κ2) is 4.57. The number of hydrogen-bond acceptors (Lipinski definition) is 3. The van der Waals surface area contributed by atoms with E-state index in [0.717, 1.165) is 30.7 Å². The zero-order chi connectivity index (χ0) is 13.4. The molecule has 1 aliphatic heterocycles. The Morgan fingerprint density at radius 3 is 2.95 bits per heavy atom. The molecular weight excluding hydrogens is 242 g/mol. The fourth-order valence-corrected chi connectivity index (χ4v) is 2.66. The molecular formula is C14H17N3O2. The lowest BCUT2D eigenvalue weighted by Crippen LogP contribution is -2.30. The fraction of sp³-hybridized carbons (Fsp3) is 0.429. The van der Waals surface area contributed by atoms with Crippen LogP contribution in [0.1, 0.15) is 40.8 Å². The molecule has 0 N–H and O–H groups in total. The van der Waals surface area contributed by atoms with Crippen LogP contribution in [-0.2, 0) is 7.05 Å². The molecule has 0 aromatic carbocycles. The van der Waals surface area contributed by atoms with Crippen LogP contribution in [0.4, 0.5) is 0 Å². The highest BCUT2D eigenvalue weighted by Gasteiger charge is 2.32. The van der Waals surface area contributed by atoms with Crippen molar-refractivity contribution in [2.75, 3.05) is 6.54 Å². The Kier molecular flexibility index (Phi) is 2.89. The molecule has 2 aromatic heterocycles. The van der Waals surface area contributed by atoms with E-state index in [1.54, 1.807) is 10.7 Å². The minimum absolute atomic E-state index is 0.0283. The maximum Gasteiger partial charge on any atom is 0.290 e. The van der Waals surface area contributed by atoms with Crippen LogP contribution in [0.2, 0.25) is 0 Å². The molecule has 0 bridgehead atoms. The van der Waals surface area contributed by atoms with Crippen molar-refractivity contribution < 1.29 is 9.21 Å². The van der Waals surface area contributed by atoms with Crippen molar-refractivity contribution in [1.82, 2.24) is 14.7 Å². The Hall–Kier alpha value is -2.04. The predicted octanol–water partition coefficient (Wildman–Crippen LogP) is 2.30. The molecule has 0 radical (unpaired) electrons. The van der Waals surface area contributed by atoms with Crippen LogP contribution < -0.4 is 0 Å². The minimum atomic E-state index is -0.0283. The van der Waals surface area contributed by atoms with Crippen LogP contribution in [0.3, 0.4) is 0 Å².